The van der Waals surface area contributed by atoms with Gasteiger partial charge in [0.2, 0.25) is 5.91 Å². The van der Waals surface area contributed by atoms with Crippen LogP contribution in [0.15, 0.2) is 11.8 Å². The molecule has 1 amide bonds. The van der Waals surface area contributed by atoms with Gasteiger partial charge in [0, 0.05) is 6.08 Å². The van der Waals surface area contributed by atoms with Crippen LogP contribution in [0, 0.1) is 5.92 Å². The van der Waals surface area contributed by atoms with Crippen molar-refractivity contribution in [3.8, 4) is 0 Å². The average molecular weight is 155 g/mol. The van der Waals surface area contributed by atoms with Crippen molar-refractivity contribution in [2.24, 2.45) is 5.92 Å². The summed E-state index contributed by atoms with van der Waals surface area (Å²) in [5.41, 5.74) is 0. The minimum Gasteiger partial charge on any atom is -0.510 e. The Kier molecular flexibility index (Phi) is 2.17. The minimum atomic E-state index is -0.187. The number of hydrogen-bond acceptors (Lipinski definition) is 2. The zero-order chi connectivity index (χ0) is 8.43. The standard InChI is InChI=1S/C8H13NO2/c1-3-5(2)8-6(10)4-7(11)9-8/h4-5,8,10H,3H2,1-2H3,(H,9,11)/t5?,8-/m0/s1. The molecule has 0 radical (unpaired) electrons. The van der Waals surface area contributed by atoms with E-state index in [2.05, 4.69) is 5.32 Å². The van der Waals surface area contributed by atoms with Crippen LogP contribution in [0.1, 0.15) is 20.3 Å². The third-order valence-corrected chi connectivity index (χ3v) is 2.11. The highest BCUT2D eigenvalue weighted by molar-refractivity contribution is 5.91. The largest absolute Gasteiger partial charge is 0.510 e. The van der Waals surface area contributed by atoms with Gasteiger partial charge in [-0.2, -0.15) is 0 Å². The third kappa shape index (κ3) is 1.53. The Hall–Kier alpha value is -0.990. The van der Waals surface area contributed by atoms with Gasteiger partial charge in [0.1, 0.15) is 5.76 Å². The van der Waals surface area contributed by atoms with E-state index in [4.69, 9.17) is 0 Å². The van der Waals surface area contributed by atoms with Gasteiger partial charge in [-0.3, -0.25) is 4.79 Å². The molecule has 0 aromatic rings. The lowest BCUT2D eigenvalue weighted by atomic mass is 9.99. The summed E-state index contributed by atoms with van der Waals surface area (Å²) in [7, 11) is 0. The first-order valence-corrected chi connectivity index (χ1v) is 3.86. The monoisotopic (exact) mass is 155 g/mol. The van der Waals surface area contributed by atoms with Crippen LogP contribution in [-0.4, -0.2) is 17.1 Å². The molecule has 0 saturated heterocycles. The average Bonchev–Trinajstić information content (AvgIpc) is 2.28. The van der Waals surface area contributed by atoms with Gasteiger partial charge in [-0.25, -0.2) is 0 Å². The van der Waals surface area contributed by atoms with E-state index < -0.39 is 0 Å². The molecule has 0 aliphatic carbocycles. The molecule has 3 heteroatoms. The normalized spacial score (nSPS) is 26.2. The zero-order valence-electron chi connectivity index (χ0n) is 6.79. The predicted molar refractivity (Wildman–Crippen MR) is 42.1 cm³/mol. The molecule has 3 nitrogen and oxygen atoms in total. The van der Waals surface area contributed by atoms with E-state index in [1.165, 1.54) is 6.08 Å². The lowest BCUT2D eigenvalue weighted by Gasteiger charge is -2.17. The van der Waals surface area contributed by atoms with Gasteiger partial charge in [-0.1, -0.05) is 20.3 Å². The van der Waals surface area contributed by atoms with Crippen molar-refractivity contribution in [3.63, 3.8) is 0 Å². The second kappa shape index (κ2) is 2.95. The van der Waals surface area contributed by atoms with Gasteiger partial charge in [-0.05, 0) is 5.92 Å². The van der Waals surface area contributed by atoms with Crippen LogP contribution in [0.5, 0.6) is 0 Å². The molecule has 62 valence electrons. The molecule has 0 spiro atoms. The highest BCUT2D eigenvalue weighted by Crippen LogP contribution is 2.17. The molecular formula is C8H13NO2. The zero-order valence-corrected chi connectivity index (χ0v) is 6.79. The van der Waals surface area contributed by atoms with E-state index in [1.54, 1.807) is 0 Å². The highest BCUT2D eigenvalue weighted by Gasteiger charge is 2.27. The fourth-order valence-corrected chi connectivity index (χ4v) is 1.16. The molecule has 2 N–H and O–H groups in total. The van der Waals surface area contributed by atoms with E-state index in [-0.39, 0.29) is 17.7 Å². The molecule has 0 aromatic heterocycles. The van der Waals surface area contributed by atoms with Crippen LogP contribution in [-0.2, 0) is 4.79 Å². The van der Waals surface area contributed by atoms with E-state index in [1.807, 2.05) is 13.8 Å². The molecule has 0 saturated carbocycles. The summed E-state index contributed by atoms with van der Waals surface area (Å²) in [6.45, 7) is 4.03. The number of nitrogens with one attached hydrogen (secondary N) is 1. The summed E-state index contributed by atoms with van der Waals surface area (Å²) >= 11 is 0. The predicted octanol–water partition coefficient (Wildman–Crippen LogP) is 0.973. The molecule has 0 bridgehead atoms. The SMILES string of the molecule is CCC(C)[C@@H]1NC(=O)C=C1O. The van der Waals surface area contributed by atoms with Crippen molar-refractivity contribution in [3.05, 3.63) is 11.8 Å². The van der Waals surface area contributed by atoms with E-state index in [9.17, 15) is 9.90 Å². The smallest absolute Gasteiger partial charge is 0.248 e. The van der Waals surface area contributed by atoms with Gasteiger partial charge in [0.15, 0.2) is 0 Å². The molecule has 1 heterocycles. The molecule has 11 heavy (non-hydrogen) atoms. The third-order valence-electron chi connectivity index (χ3n) is 2.11. The van der Waals surface area contributed by atoms with Crippen LogP contribution in [0.3, 0.4) is 0 Å². The first kappa shape index (κ1) is 8.11. The summed E-state index contributed by atoms with van der Waals surface area (Å²) in [6, 6.07) is -0.160. The van der Waals surface area contributed by atoms with Crippen molar-refractivity contribution in [2.45, 2.75) is 26.3 Å². The number of hydrogen-bond donors (Lipinski definition) is 2. The quantitative estimate of drug-likeness (QED) is 0.624. The van der Waals surface area contributed by atoms with Gasteiger partial charge >= 0.3 is 0 Å². The Morgan fingerprint density at radius 2 is 2.45 bits per heavy atom. The summed E-state index contributed by atoms with van der Waals surface area (Å²) in [4.78, 5) is 10.7. The van der Waals surface area contributed by atoms with Crippen LogP contribution in [0.4, 0.5) is 0 Å². The van der Waals surface area contributed by atoms with Crippen molar-refractivity contribution in [1.29, 1.82) is 0 Å². The minimum absolute atomic E-state index is 0.160. The number of carbonyl (C=O) groups excluding carboxylic acids is 1. The number of rotatable bonds is 2. The first-order chi connectivity index (χ1) is 5.15. The Bertz CT molecular complexity index is 198. The maximum atomic E-state index is 10.7. The fraction of sp³-hybridized carbons (Fsp3) is 0.625. The summed E-state index contributed by atoms with van der Waals surface area (Å²) < 4.78 is 0. The molecule has 1 rings (SSSR count). The second-order valence-corrected chi connectivity index (χ2v) is 2.94. The molecule has 1 aliphatic heterocycles. The number of amides is 1. The van der Waals surface area contributed by atoms with Crippen LogP contribution >= 0.6 is 0 Å². The van der Waals surface area contributed by atoms with Crippen molar-refractivity contribution < 1.29 is 9.90 Å². The molecule has 2 atom stereocenters. The fourth-order valence-electron chi connectivity index (χ4n) is 1.16. The van der Waals surface area contributed by atoms with Crippen molar-refractivity contribution in [2.75, 3.05) is 0 Å². The Morgan fingerprint density at radius 3 is 2.82 bits per heavy atom. The number of aliphatic hydroxyl groups is 1. The van der Waals surface area contributed by atoms with Gasteiger partial charge < -0.3 is 10.4 Å². The Balaban J connectivity index is 2.63. The lowest BCUT2D eigenvalue weighted by molar-refractivity contribution is -0.116. The first-order valence-electron chi connectivity index (χ1n) is 3.86. The molecule has 1 aliphatic rings. The summed E-state index contributed by atoms with van der Waals surface area (Å²) in [5, 5.41) is 11.9. The highest BCUT2D eigenvalue weighted by atomic mass is 16.3. The van der Waals surface area contributed by atoms with Crippen molar-refractivity contribution in [1.82, 2.24) is 5.32 Å². The topological polar surface area (TPSA) is 49.3 Å². The maximum Gasteiger partial charge on any atom is 0.248 e. The van der Waals surface area contributed by atoms with Gasteiger partial charge in [0.25, 0.3) is 0 Å². The van der Waals surface area contributed by atoms with Crippen LogP contribution in [0.25, 0.3) is 0 Å². The Morgan fingerprint density at radius 1 is 1.82 bits per heavy atom. The number of carbonyl (C=O) groups is 1. The molecule has 0 aromatic carbocycles. The van der Waals surface area contributed by atoms with E-state index >= 15 is 0 Å². The molecular weight excluding hydrogens is 142 g/mol. The second-order valence-electron chi connectivity index (χ2n) is 2.94. The Labute approximate surface area is 66.1 Å². The lowest BCUT2D eigenvalue weighted by Crippen LogP contribution is -2.34. The van der Waals surface area contributed by atoms with Crippen molar-refractivity contribution >= 4 is 5.91 Å². The maximum absolute atomic E-state index is 10.7. The summed E-state index contributed by atoms with van der Waals surface area (Å²) in [5.74, 6) is 0.287. The van der Waals surface area contributed by atoms with Gasteiger partial charge in [-0.15, -0.1) is 0 Å². The van der Waals surface area contributed by atoms with Crippen LogP contribution < -0.4 is 5.32 Å². The number of aliphatic hydroxyl groups excluding tert-OH is 1. The van der Waals surface area contributed by atoms with Gasteiger partial charge in [0.05, 0.1) is 6.04 Å². The summed E-state index contributed by atoms with van der Waals surface area (Å²) in [6.07, 6.45) is 2.19. The van der Waals surface area contributed by atoms with E-state index in [0.717, 1.165) is 6.42 Å². The molecule has 0 fully saturated rings. The van der Waals surface area contributed by atoms with E-state index in [0.29, 0.717) is 5.92 Å². The van der Waals surface area contributed by atoms with Crippen LogP contribution in [0.2, 0.25) is 0 Å². The molecule has 1 unspecified atom stereocenters.